The van der Waals surface area contributed by atoms with E-state index in [4.69, 9.17) is 0 Å². The lowest BCUT2D eigenvalue weighted by Gasteiger charge is -2.13. The number of hydrogen-bond acceptors (Lipinski definition) is 4. The van der Waals surface area contributed by atoms with Crippen LogP contribution in [-0.4, -0.2) is 25.7 Å². The molecule has 0 aliphatic carbocycles. The molecule has 0 fully saturated rings. The molecule has 0 aliphatic heterocycles. The normalized spacial score (nSPS) is 10.7. The van der Waals surface area contributed by atoms with Crippen molar-refractivity contribution in [1.82, 2.24) is 9.55 Å². The molecule has 3 rings (SSSR count). The fourth-order valence-electron chi connectivity index (χ4n) is 2.39. The molecule has 0 aliphatic rings. The first-order chi connectivity index (χ1) is 10.6. The van der Waals surface area contributed by atoms with Crippen LogP contribution in [0.15, 0.2) is 53.5 Å². The number of hydrogen-bond donors (Lipinski definition) is 2. The predicted molar refractivity (Wildman–Crippen MR) is 80.2 cm³/mol. The van der Waals surface area contributed by atoms with Crippen molar-refractivity contribution in [3.05, 3.63) is 70.3 Å². The fourth-order valence-corrected chi connectivity index (χ4v) is 2.39. The van der Waals surface area contributed by atoms with E-state index in [-0.39, 0.29) is 6.54 Å². The number of carboxylic acids is 1. The number of aromatic carboxylic acids is 1. The number of rotatable bonds is 3. The Labute approximate surface area is 124 Å². The van der Waals surface area contributed by atoms with Crippen LogP contribution in [0.2, 0.25) is 0 Å². The van der Waals surface area contributed by atoms with Crippen molar-refractivity contribution in [2.75, 3.05) is 0 Å². The molecule has 0 radical (unpaired) electrons. The van der Waals surface area contributed by atoms with Crippen LogP contribution in [0.5, 0.6) is 5.75 Å². The SMILES string of the molecule is O=C(O)c1c(O)c2ccccc2n(Cc2ccccn2)c1=O. The lowest BCUT2D eigenvalue weighted by Crippen LogP contribution is -2.27. The molecule has 2 aromatic heterocycles. The molecule has 0 spiro atoms. The van der Waals surface area contributed by atoms with Gasteiger partial charge >= 0.3 is 5.97 Å². The summed E-state index contributed by atoms with van der Waals surface area (Å²) in [5.74, 6) is -1.96. The number of carboxylic acid groups (broad SMARTS) is 1. The Morgan fingerprint density at radius 2 is 1.86 bits per heavy atom. The molecule has 0 unspecified atom stereocenters. The molecule has 6 heteroatoms. The van der Waals surface area contributed by atoms with Gasteiger partial charge in [-0.1, -0.05) is 18.2 Å². The van der Waals surface area contributed by atoms with Crippen LogP contribution < -0.4 is 5.56 Å². The van der Waals surface area contributed by atoms with E-state index in [2.05, 4.69) is 4.98 Å². The van der Waals surface area contributed by atoms with E-state index in [9.17, 15) is 19.8 Å². The minimum absolute atomic E-state index is 0.126. The number of benzene rings is 1. The van der Waals surface area contributed by atoms with E-state index in [1.54, 1.807) is 48.7 Å². The summed E-state index contributed by atoms with van der Waals surface area (Å²) in [7, 11) is 0. The first-order valence-corrected chi connectivity index (χ1v) is 6.57. The minimum atomic E-state index is -1.46. The maximum absolute atomic E-state index is 12.4. The van der Waals surface area contributed by atoms with Crippen molar-refractivity contribution in [3.8, 4) is 5.75 Å². The second kappa shape index (κ2) is 5.33. The zero-order valence-electron chi connectivity index (χ0n) is 11.4. The highest BCUT2D eigenvalue weighted by molar-refractivity contribution is 5.98. The Morgan fingerprint density at radius 3 is 2.55 bits per heavy atom. The van der Waals surface area contributed by atoms with Gasteiger partial charge in [-0.3, -0.25) is 9.78 Å². The lowest BCUT2D eigenvalue weighted by atomic mass is 10.1. The zero-order chi connectivity index (χ0) is 15.7. The summed E-state index contributed by atoms with van der Waals surface area (Å²) >= 11 is 0. The van der Waals surface area contributed by atoms with Crippen LogP contribution in [0.4, 0.5) is 0 Å². The molecule has 0 saturated heterocycles. The highest BCUT2D eigenvalue weighted by atomic mass is 16.4. The smallest absolute Gasteiger partial charge is 0.345 e. The lowest BCUT2D eigenvalue weighted by molar-refractivity contribution is 0.0691. The van der Waals surface area contributed by atoms with E-state index in [0.29, 0.717) is 16.6 Å². The van der Waals surface area contributed by atoms with Gasteiger partial charge in [0.15, 0.2) is 5.56 Å². The van der Waals surface area contributed by atoms with Gasteiger partial charge in [0.2, 0.25) is 0 Å². The van der Waals surface area contributed by atoms with Crippen LogP contribution in [0.25, 0.3) is 10.9 Å². The Balaban J connectivity index is 2.33. The van der Waals surface area contributed by atoms with Crippen LogP contribution in [0.3, 0.4) is 0 Å². The number of fused-ring (bicyclic) bond motifs is 1. The third-order valence-corrected chi connectivity index (χ3v) is 3.41. The Morgan fingerprint density at radius 1 is 1.14 bits per heavy atom. The maximum atomic E-state index is 12.4. The van der Waals surface area contributed by atoms with Gasteiger partial charge < -0.3 is 14.8 Å². The first-order valence-electron chi connectivity index (χ1n) is 6.57. The van der Waals surface area contributed by atoms with Gasteiger partial charge in [0, 0.05) is 11.6 Å². The van der Waals surface area contributed by atoms with Crippen LogP contribution in [-0.2, 0) is 6.54 Å². The Kier molecular flexibility index (Phi) is 3.34. The van der Waals surface area contributed by atoms with Crippen molar-refractivity contribution in [1.29, 1.82) is 0 Å². The number of para-hydroxylation sites is 1. The van der Waals surface area contributed by atoms with Gasteiger partial charge in [0.1, 0.15) is 5.75 Å². The molecule has 1 aromatic carbocycles. The molecular weight excluding hydrogens is 284 g/mol. The summed E-state index contributed by atoms with van der Waals surface area (Å²) in [6.07, 6.45) is 1.60. The minimum Gasteiger partial charge on any atom is -0.506 e. The monoisotopic (exact) mass is 296 g/mol. The molecule has 0 saturated carbocycles. The molecular formula is C16H12N2O4. The number of carbonyl (C=O) groups is 1. The number of nitrogens with zero attached hydrogens (tertiary/aromatic N) is 2. The summed E-state index contributed by atoms with van der Waals surface area (Å²) in [6, 6.07) is 11.9. The van der Waals surface area contributed by atoms with Gasteiger partial charge in [0.05, 0.1) is 17.8 Å². The standard InChI is InChI=1S/C16H12N2O4/c19-14-11-6-1-2-7-12(11)18(15(20)13(14)16(21)22)9-10-5-3-4-8-17-10/h1-8,19H,9H2,(H,21,22). The van der Waals surface area contributed by atoms with Crippen LogP contribution >= 0.6 is 0 Å². The van der Waals surface area contributed by atoms with E-state index in [1.807, 2.05) is 0 Å². The van der Waals surface area contributed by atoms with Gasteiger partial charge in [0.25, 0.3) is 5.56 Å². The average Bonchev–Trinajstić information content (AvgIpc) is 2.52. The summed E-state index contributed by atoms with van der Waals surface area (Å²) in [5, 5.41) is 19.6. The van der Waals surface area contributed by atoms with E-state index < -0.39 is 22.8 Å². The number of aromatic hydroxyl groups is 1. The highest BCUT2D eigenvalue weighted by Gasteiger charge is 2.21. The maximum Gasteiger partial charge on any atom is 0.345 e. The molecule has 2 heterocycles. The average molecular weight is 296 g/mol. The molecule has 0 bridgehead atoms. The largest absolute Gasteiger partial charge is 0.506 e. The molecule has 22 heavy (non-hydrogen) atoms. The molecule has 0 atom stereocenters. The molecule has 0 amide bonds. The van der Waals surface area contributed by atoms with Gasteiger partial charge in [-0.2, -0.15) is 0 Å². The van der Waals surface area contributed by atoms with Crippen LogP contribution in [0.1, 0.15) is 16.1 Å². The fraction of sp³-hybridized carbons (Fsp3) is 0.0625. The first kappa shape index (κ1) is 13.8. The Hall–Kier alpha value is -3.15. The van der Waals surface area contributed by atoms with Gasteiger partial charge in [-0.05, 0) is 24.3 Å². The van der Waals surface area contributed by atoms with E-state index in [0.717, 1.165) is 0 Å². The van der Waals surface area contributed by atoms with E-state index >= 15 is 0 Å². The van der Waals surface area contributed by atoms with Crippen molar-refractivity contribution in [3.63, 3.8) is 0 Å². The van der Waals surface area contributed by atoms with Crippen molar-refractivity contribution in [2.24, 2.45) is 0 Å². The van der Waals surface area contributed by atoms with Crippen molar-refractivity contribution < 1.29 is 15.0 Å². The topological polar surface area (TPSA) is 92.4 Å². The van der Waals surface area contributed by atoms with Crippen molar-refractivity contribution >= 4 is 16.9 Å². The van der Waals surface area contributed by atoms with Gasteiger partial charge in [-0.15, -0.1) is 0 Å². The highest BCUT2D eigenvalue weighted by Crippen LogP contribution is 2.26. The van der Waals surface area contributed by atoms with Crippen LogP contribution in [0, 0.1) is 0 Å². The second-order valence-electron chi connectivity index (χ2n) is 4.76. The summed E-state index contributed by atoms with van der Waals surface area (Å²) in [5.41, 5.74) is -0.304. The zero-order valence-corrected chi connectivity index (χ0v) is 11.4. The molecule has 110 valence electrons. The Bertz CT molecular complexity index is 917. The van der Waals surface area contributed by atoms with Crippen molar-refractivity contribution in [2.45, 2.75) is 6.54 Å². The summed E-state index contributed by atoms with van der Waals surface area (Å²) < 4.78 is 1.31. The molecule has 3 aromatic rings. The second-order valence-corrected chi connectivity index (χ2v) is 4.76. The third-order valence-electron chi connectivity index (χ3n) is 3.41. The summed E-state index contributed by atoms with van der Waals surface area (Å²) in [4.78, 5) is 27.9. The quantitative estimate of drug-likeness (QED) is 0.769. The molecule has 2 N–H and O–H groups in total. The number of pyridine rings is 2. The third kappa shape index (κ3) is 2.20. The predicted octanol–water partition coefficient (Wildman–Crippen LogP) is 1.85. The summed E-state index contributed by atoms with van der Waals surface area (Å²) in [6.45, 7) is 0.126. The van der Waals surface area contributed by atoms with Gasteiger partial charge in [-0.25, -0.2) is 4.79 Å². The van der Waals surface area contributed by atoms with E-state index in [1.165, 1.54) is 4.57 Å². The molecule has 6 nitrogen and oxygen atoms in total. The number of aromatic nitrogens is 2.